The maximum atomic E-state index is 11.9. The van der Waals surface area contributed by atoms with Gasteiger partial charge in [0.2, 0.25) is 5.78 Å². The highest BCUT2D eigenvalue weighted by Gasteiger charge is 2.09. The number of halogens is 1. The van der Waals surface area contributed by atoms with Crippen LogP contribution in [-0.2, 0) is 0 Å². The quantitative estimate of drug-likeness (QED) is 0.678. The summed E-state index contributed by atoms with van der Waals surface area (Å²) in [5.41, 5.74) is 0.719. The largest absolute Gasteiger partial charge is 0.504 e. The van der Waals surface area contributed by atoms with E-state index in [0.29, 0.717) is 21.7 Å². The second-order valence-electron chi connectivity index (χ2n) is 4.15. The first kappa shape index (κ1) is 14.4. The molecule has 5 heteroatoms. The molecular formula is C15H13BrO4. The van der Waals surface area contributed by atoms with E-state index in [2.05, 4.69) is 15.9 Å². The molecule has 1 aromatic carbocycles. The lowest BCUT2D eigenvalue weighted by Gasteiger charge is -2.06. The standard InChI is InChI=1S/C15H13BrO4/c1-9-3-6-14(20-9)12(17)5-4-10-7-15(19-2)13(18)8-11(10)16/h3-8,18H,1-2H3. The van der Waals surface area contributed by atoms with Gasteiger partial charge in [0.05, 0.1) is 7.11 Å². The summed E-state index contributed by atoms with van der Waals surface area (Å²) >= 11 is 3.32. The lowest BCUT2D eigenvalue weighted by molar-refractivity contribution is 0.102. The monoisotopic (exact) mass is 336 g/mol. The predicted octanol–water partition coefficient (Wildman–Crippen LogP) is 3.96. The highest BCUT2D eigenvalue weighted by atomic mass is 79.9. The fourth-order valence-electron chi connectivity index (χ4n) is 1.66. The molecule has 20 heavy (non-hydrogen) atoms. The Morgan fingerprint density at radius 2 is 2.15 bits per heavy atom. The van der Waals surface area contributed by atoms with Crippen molar-refractivity contribution >= 4 is 27.8 Å². The zero-order valence-corrected chi connectivity index (χ0v) is 12.6. The summed E-state index contributed by atoms with van der Waals surface area (Å²) < 4.78 is 10.9. The number of hydrogen-bond donors (Lipinski definition) is 1. The average molecular weight is 337 g/mol. The van der Waals surface area contributed by atoms with E-state index in [9.17, 15) is 9.90 Å². The summed E-state index contributed by atoms with van der Waals surface area (Å²) in [5, 5.41) is 9.61. The molecule has 0 saturated carbocycles. The van der Waals surface area contributed by atoms with E-state index < -0.39 is 0 Å². The van der Waals surface area contributed by atoms with Crippen molar-refractivity contribution in [3.8, 4) is 11.5 Å². The van der Waals surface area contributed by atoms with Crippen LogP contribution >= 0.6 is 15.9 Å². The third kappa shape index (κ3) is 3.11. The van der Waals surface area contributed by atoms with Crippen LogP contribution in [-0.4, -0.2) is 18.0 Å². The molecule has 0 spiro atoms. The topological polar surface area (TPSA) is 59.7 Å². The number of furan rings is 1. The zero-order chi connectivity index (χ0) is 14.7. The van der Waals surface area contributed by atoms with E-state index in [1.54, 1.807) is 31.2 Å². The number of methoxy groups -OCH3 is 1. The van der Waals surface area contributed by atoms with Crippen LogP contribution < -0.4 is 4.74 Å². The Morgan fingerprint density at radius 1 is 1.40 bits per heavy atom. The molecule has 2 rings (SSSR count). The molecule has 0 atom stereocenters. The summed E-state index contributed by atoms with van der Waals surface area (Å²) in [5.74, 6) is 1.13. The smallest absolute Gasteiger partial charge is 0.221 e. The Bertz CT molecular complexity index is 671. The second kappa shape index (κ2) is 5.96. The third-order valence-corrected chi connectivity index (χ3v) is 3.38. The number of aryl methyl sites for hydroxylation is 1. The van der Waals surface area contributed by atoms with Gasteiger partial charge in [0.15, 0.2) is 17.3 Å². The van der Waals surface area contributed by atoms with Gasteiger partial charge in [0.1, 0.15) is 5.76 Å². The molecule has 0 amide bonds. The normalized spacial score (nSPS) is 10.9. The molecule has 0 aliphatic rings. The first-order valence-corrected chi connectivity index (χ1v) is 6.66. The maximum Gasteiger partial charge on any atom is 0.221 e. The number of phenolic OH excluding ortho intramolecular Hbond substituents is 1. The van der Waals surface area contributed by atoms with E-state index in [1.807, 2.05) is 0 Å². The average Bonchev–Trinajstić information content (AvgIpc) is 2.84. The molecule has 0 fully saturated rings. The lowest BCUT2D eigenvalue weighted by atomic mass is 10.1. The van der Waals surface area contributed by atoms with Gasteiger partial charge >= 0.3 is 0 Å². The predicted molar refractivity (Wildman–Crippen MR) is 79.2 cm³/mol. The molecule has 1 aromatic heterocycles. The molecule has 0 bridgehead atoms. The third-order valence-electron chi connectivity index (χ3n) is 2.70. The minimum Gasteiger partial charge on any atom is -0.504 e. The van der Waals surface area contributed by atoms with Gasteiger partial charge in [-0.1, -0.05) is 15.9 Å². The minimum absolute atomic E-state index is 0.0320. The highest BCUT2D eigenvalue weighted by molar-refractivity contribution is 9.10. The number of carbonyl (C=O) groups is 1. The van der Waals surface area contributed by atoms with E-state index in [-0.39, 0.29) is 11.5 Å². The van der Waals surface area contributed by atoms with Crippen molar-refractivity contribution in [2.45, 2.75) is 6.92 Å². The van der Waals surface area contributed by atoms with Gasteiger partial charge in [0.25, 0.3) is 0 Å². The number of benzene rings is 1. The van der Waals surface area contributed by atoms with E-state index in [0.717, 1.165) is 5.56 Å². The lowest BCUT2D eigenvalue weighted by Crippen LogP contribution is -1.91. The van der Waals surface area contributed by atoms with E-state index in [1.165, 1.54) is 19.3 Å². The van der Waals surface area contributed by atoms with Crippen LogP contribution in [0.15, 0.2) is 39.2 Å². The molecule has 1 heterocycles. The van der Waals surface area contributed by atoms with Crippen molar-refractivity contribution in [3.05, 3.63) is 51.9 Å². The number of phenols is 1. The molecule has 104 valence electrons. The van der Waals surface area contributed by atoms with Crippen molar-refractivity contribution in [1.82, 2.24) is 0 Å². The molecular weight excluding hydrogens is 324 g/mol. The van der Waals surface area contributed by atoms with Gasteiger partial charge in [0, 0.05) is 4.47 Å². The minimum atomic E-state index is -0.225. The van der Waals surface area contributed by atoms with E-state index in [4.69, 9.17) is 9.15 Å². The fraction of sp³-hybridized carbons (Fsp3) is 0.133. The zero-order valence-electron chi connectivity index (χ0n) is 11.0. The summed E-state index contributed by atoms with van der Waals surface area (Å²) in [4.78, 5) is 11.9. The van der Waals surface area contributed by atoms with Gasteiger partial charge in [-0.05, 0) is 48.9 Å². The van der Waals surface area contributed by atoms with Gasteiger partial charge in [-0.15, -0.1) is 0 Å². The highest BCUT2D eigenvalue weighted by Crippen LogP contribution is 2.33. The van der Waals surface area contributed by atoms with Crippen LogP contribution in [0.2, 0.25) is 0 Å². The molecule has 0 unspecified atom stereocenters. The van der Waals surface area contributed by atoms with Gasteiger partial charge in [-0.25, -0.2) is 0 Å². The van der Waals surface area contributed by atoms with Crippen LogP contribution in [0.4, 0.5) is 0 Å². The number of carbonyl (C=O) groups excluding carboxylic acids is 1. The molecule has 0 aliphatic heterocycles. The Balaban J connectivity index is 2.25. The van der Waals surface area contributed by atoms with Crippen LogP contribution in [0.1, 0.15) is 21.9 Å². The molecule has 1 N–H and O–H groups in total. The van der Waals surface area contributed by atoms with E-state index >= 15 is 0 Å². The van der Waals surface area contributed by atoms with Crippen LogP contribution in [0.5, 0.6) is 11.5 Å². The van der Waals surface area contributed by atoms with Gasteiger partial charge < -0.3 is 14.3 Å². The number of aromatic hydroxyl groups is 1. The summed E-state index contributed by atoms with van der Waals surface area (Å²) in [7, 11) is 1.47. The Hall–Kier alpha value is -2.01. The second-order valence-corrected chi connectivity index (χ2v) is 5.01. The summed E-state index contributed by atoms with van der Waals surface area (Å²) in [6, 6.07) is 6.52. The Labute approximate surface area is 124 Å². The molecule has 0 aliphatic carbocycles. The SMILES string of the molecule is COc1cc(C=CC(=O)c2ccc(C)o2)c(Br)cc1O. The van der Waals surface area contributed by atoms with Crippen LogP contribution in [0, 0.1) is 6.92 Å². The number of ketones is 1. The molecule has 4 nitrogen and oxygen atoms in total. The number of hydrogen-bond acceptors (Lipinski definition) is 4. The van der Waals surface area contributed by atoms with Crippen molar-refractivity contribution in [2.24, 2.45) is 0 Å². The molecule has 0 saturated heterocycles. The van der Waals surface area contributed by atoms with Crippen molar-refractivity contribution in [2.75, 3.05) is 7.11 Å². The van der Waals surface area contributed by atoms with Crippen molar-refractivity contribution < 1.29 is 19.1 Å². The first-order valence-electron chi connectivity index (χ1n) is 5.86. The van der Waals surface area contributed by atoms with Gasteiger partial charge in [-0.2, -0.15) is 0 Å². The number of rotatable bonds is 4. The fourth-order valence-corrected chi connectivity index (χ4v) is 2.13. The van der Waals surface area contributed by atoms with Crippen molar-refractivity contribution in [1.29, 1.82) is 0 Å². The molecule has 2 aromatic rings. The maximum absolute atomic E-state index is 11.9. The van der Waals surface area contributed by atoms with Gasteiger partial charge in [-0.3, -0.25) is 4.79 Å². The summed E-state index contributed by atoms with van der Waals surface area (Å²) in [6.45, 7) is 1.78. The van der Waals surface area contributed by atoms with Crippen LogP contribution in [0.3, 0.4) is 0 Å². The Morgan fingerprint density at radius 3 is 2.75 bits per heavy atom. The number of ether oxygens (including phenoxy) is 1. The van der Waals surface area contributed by atoms with Crippen LogP contribution in [0.25, 0.3) is 6.08 Å². The Kier molecular flexibility index (Phi) is 4.29. The number of allylic oxidation sites excluding steroid dienone is 1. The summed E-state index contributed by atoms with van der Waals surface area (Å²) in [6.07, 6.45) is 3.04. The molecule has 0 radical (unpaired) electrons. The van der Waals surface area contributed by atoms with Crippen molar-refractivity contribution in [3.63, 3.8) is 0 Å². The first-order chi connectivity index (χ1) is 9.51.